The lowest BCUT2D eigenvalue weighted by Gasteiger charge is -2.34. The van der Waals surface area contributed by atoms with Crippen LogP contribution < -0.4 is 10.2 Å². The van der Waals surface area contributed by atoms with Crippen LogP contribution in [0, 0.1) is 0 Å². The number of pyridine rings is 1. The molecular weight excluding hydrogens is 360 g/mol. The molecule has 152 valence electrons. The molecule has 1 aromatic carbocycles. The van der Waals surface area contributed by atoms with Crippen LogP contribution >= 0.6 is 0 Å². The number of nitrogens with one attached hydrogen (secondary N) is 1. The molecule has 0 radical (unpaired) electrons. The summed E-state index contributed by atoms with van der Waals surface area (Å²) in [5.74, 6) is 1.09. The molecule has 0 spiro atoms. The Kier molecular flexibility index (Phi) is 6.22. The van der Waals surface area contributed by atoms with Crippen LogP contribution in [0.15, 0.2) is 61.1 Å². The molecule has 1 aliphatic heterocycles. The van der Waals surface area contributed by atoms with Crippen LogP contribution in [0.3, 0.4) is 0 Å². The first-order valence-electron chi connectivity index (χ1n) is 10.5. The Morgan fingerprint density at radius 2 is 1.86 bits per heavy atom. The van der Waals surface area contributed by atoms with Gasteiger partial charge in [0.2, 0.25) is 0 Å². The summed E-state index contributed by atoms with van der Waals surface area (Å²) in [6.07, 6.45) is 5.73. The minimum atomic E-state index is 0.208. The molecule has 3 heterocycles. The molecule has 6 nitrogen and oxygen atoms in total. The Labute approximate surface area is 173 Å². The number of hydrogen-bond acceptors (Lipinski definition) is 5. The first kappa shape index (κ1) is 19.6. The number of piperazine rings is 1. The lowest BCUT2D eigenvalue weighted by Crippen LogP contribution is -2.46. The van der Waals surface area contributed by atoms with Crippen LogP contribution in [0.5, 0.6) is 0 Å². The highest BCUT2D eigenvalue weighted by Crippen LogP contribution is 2.22. The van der Waals surface area contributed by atoms with Crippen molar-refractivity contribution in [3.63, 3.8) is 0 Å². The fourth-order valence-corrected chi connectivity index (χ4v) is 3.89. The third kappa shape index (κ3) is 4.66. The molecule has 0 aliphatic carbocycles. The van der Waals surface area contributed by atoms with Crippen molar-refractivity contribution in [2.45, 2.75) is 26.4 Å². The summed E-state index contributed by atoms with van der Waals surface area (Å²) >= 11 is 0. The van der Waals surface area contributed by atoms with Crippen LogP contribution in [-0.4, -0.2) is 52.4 Å². The van der Waals surface area contributed by atoms with Crippen molar-refractivity contribution in [2.24, 2.45) is 0 Å². The van der Waals surface area contributed by atoms with Crippen molar-refractivity contribution < 1.29 is 0 Å². The van der Waals surface area contributed by atoms with Crippen LogP contribution in [0.25, 0.3) is 5.69 Å². The van der Waals surface area contributed by atoms with Gasteiger partial charge in [0.05, 0.1) is 5.69 Å². The quantitative estimate of drug-likeness (QED) is 0.671. The maximum atomic E-state index is 4.62. The first-order valence-corrected chi connectivity index (χ1v) is 10.5. The Morgan fingerprint density at radius 1 is 1.03 bits per heavy atom. The van der Waals surface area contributed by atoms with Gasteiger partial charge in [-0.25, -0.2) is 9.67 Å². The van der Waals surface area contributed by atoms with Gasteiger partial charge in [-0.3, -0.25) is 0 Å². The Bertz CT molecular complexity index is 899. The molecule has 6 heteroatoms. The molecule has 29 heavy (non-hydrogen) atoms. The molecule has 1 aliphatic rings. The smallest absolute Gasteiger partial charge is 0.128 e. The Balaban J connectivity index is 1.41. The summed E-state index contributed by atoms with van der Waals surface area (Å²) in [6.45, 7) is 10.7. The van der Waals surface area contributed by atoms with E-state index in [0.29, 0.717) is 0 Å². The van der Waals surface area contributed by atoms with Crippen LogP contribution in [0.2, 0.25) is 0 Å². The fraction of sp³-hybridized carbons (Fsp3) is 0.391. The van der Waals surface area contributed by atoms with Gasteiger partial charge in [0.1, 0.15) is 5.82 Å². The molecule has 4 rings (SSSR count). The lowest BCUT2D eigenvalue weighted by molar-refractivity contribution is 0.270. The second-order valence-electron chi connectivity index (χ2n) is 7.56. The fourth-order valence-electron chi connectivity index (χ4n) is 3.89. The number of likely N-dealkylation sites (N-methyl/N-ethyl adjacent to an activating group) is 1. The van der Waals surface area contributed by atoms with Crippen molar-refractivity contribution in [1.82, 2.24) is 25.0 Å². The topological polar surface area (TPSA) is 49.2 Å². The van der Waals surface area contributed by atoms with Gasteiger partial charge in [-0.15, -0.1) is 0 Å². The predicted molar refractivity (Wildman–Crippen MR) is 117 cm³/mol. The van der Waals surface area contributed by atoms with Crippen molar-refractivity contribution in [3.05, 3.63) is 72.2 Å². The van der Waals surface area contributed by atoms with Crippen molar-refractivity contribution in [1.29, 1.82) is 0 Å². The predicted octanol–water partition coefficient (Wildman–Crippen LogP) is 3.26. The van der Waals surface area contributed by atoms with E-state index in [1.54, 1.807) is 0 Å². The molecule has 2 aromatic heterocycles. The van der Waals surface area contributed by atoms with Gasteiger partial charge < -0.3 is 15.1 Å². The number of benzene rings is 1. The number of rotatable bonds is 7. The summed E-state index contributed by atoms with van der Waals surface area (Å²) < 4.78 is 1.92. The minimum Gasteiger partial charge on any atom is -0.354 e. The molecule has 1 atom stereocenters. The second kappa shape index (κ2) is 9.20. The second-order valence-corrected chi connectivity index (χ2v) is 7.56. The van der Waals surface area contributed by atoms with E-state index < -0.39 is 0 Å². The average molecular weight is 391 g/mol. The van der Waals surface area contributed by atoms with Crippen molar-refractivity contribution in [3.8, 4) is 5.69 Å². The zero-order valence-electron chi connectivity index (χ0n) is 17.3. The van der Waals surface area contributed by atoms with Gasteiger partial charge in [0.15, 0.2) is 0 Å². The normalized spacial score (nSPS) is 16.1. The number of anilines is 1. The first-order chi connectivity index (χ1) is 14.2. The number of para-hydroxylation sites is 1. The molecule has 0 saturated carbocycles. The van der Waals surface area contributed by atoms with E-state index in [4.69, 9.17) is 0 Å². The highest BCUT2D eigenvalue weighted by molar-refractivity contribution is 5.43. The van der Waals surface area contributed by atoms with E-state index in [1.165, 1.54) is 11.1 Å². The summed E-state index contributed by atoms with van der Waals surface area (Å²) in [6, 6.07) is 14.9. The van der Waals surface area contributed by atoms with Crippen LogP contribution in [-0.2, 0) is 6.54 Å². The van der Waals surface area contributed by atoms with E-state index in [9.17, 15) is 0 Å². The molecule has 1 fully saturated rings. The summed E-state index contributed by atoms with van der Waals surface area (Å²) in [7, 11) is 0. The van der Waals surface area contributed by atoms with E-state index in [0.717, 1.165) is 50.8 Å². The van der Waals surface area contributed by atoms with Crippen LogP contribution in [0.1, 0.15) is 31.0 Å². The van der Waals surface area contributed by atoms with Crippen molar-refractivity contribution in [2.75, 3.05) is 37.6 Å². The Hall–Kier alpha value is -2.70. The van der Waals surface area contributed by atoms with E-state index in [-0.39, 0.29) is 6.04 Å². The number of aromatic nitrogens is 3. The van der Waals surface area contributed by atoms with Gasteiger partial charge >= 0.3 is 0 Å². The minimum absolute atomic E-state index is 0.208. The van der Waals surface area contributed by atoms with Gasteiger partial charge in [0, 0.05) is 57.4 Å². The highest BCUT2D eigenvalue weighted by atomic mass is 15.3. The molecular formula is C23H30N6. The third-order valence-corrected chi connectivity index (χ3v) is 5.72. The molecule has 1 N–H and O–H groups in total. The summed E-state index contributed by atoms with van der Waals surface area (Å²) in [5, 5.41) is 8.06. The van der Waals surface area contributed by atoms with Crippen molar-refractivity contribution >= 4 is 5.82 Å². The maximum absolute atomic E-state index is 4.62. The van der Waals surface area contributed by atoms with Gasteiger partial charge in [-0.2, -0.15) is 5.10 Å². The van der Waals surface area contributed by atoms with Gasteiger partial charge in [0.25, 0.3) is 0 Å². The molecule has 1 saturated heterocycles. The lowest BCUT2D eigenvalue weighted by atomic mass is 10.1. The average Bonchev–Trinajstić information content (AvgIpc) is 3.32. The third-order valence-electron chi connectivity index (χ3n) is 5.72. The van der Waals surface area contributed by atoms with E-state index >= 15 is 0 Å². The number of nitrogens with zero attached hydrogens (tertiary/aromatic N) is 5. The highest BCUT2D eigenvalue weighted by Gasteiger charge is 2.17. The largest absolute Gasteiger partial charge is 0.354 e. The molecule has 0 amide bonds. The standard InChI is InChI=1S/C23H30N6/c1-3-27-13-15-28(16-14-27)23-17-20(9-11-24-23)18-25-19(2)21-7-4-5-8-22(21)29-12-6-10-26-29/h4-12,17,19,25H,3,13-16,18H2,1-2H3. The zero-order valence-corrected chi connectivity index (χ0v) is 17.3. The number of hydrogen-bond donors (Lipinski definition) is 1. The monoisotopic (exact) mass is 390 g/mol. The summed E-state index contributed by atoms with van der Waals surface area (Å²) in [4.78, 5) is 9.50. The Morgan fingerprint density at radius 3 is 2.62 bits per heavy atom. The van der Waals surface area contributed by atoms with Crippen LogP contribution in [0.4, 0.5) is 5.82 Å². The molecule has 0 bridgehead atoms. The maximum Gasteiger partial charge on any atom is 0.128 e. The van der Waals surface area contributed by atoms with E-state index in [2.05, 4.69) is 75.4 Å². The van der Waals surface area contributed by atoms with Gasteiger partial charge in [-0.1, -0.05) is 25.1 Å². The molecule has 3 aromatic rings. The molecule has 1 unspecified atom stereocenters. The SMILES string of the molecule is CCN1CCN(c2cc(CNC(C)c3ccccc3-n3cccn3)ccn2)CC1. The van der Waals surface area contributed by atoms with Gasteiger partial charge in [-0.05, 0) is 48.9 Å². The zero-order chi connectivity index (χ0) is 20.1. The van der Waals surface area contributed by atoms with E-state index in [1.807, 2.05) is 29.3 Å². The summed E-state index contributed by atoms with van der Waals surface area (Å²) in [5.41, 5.74) is 3.61.